The molecule has 1 amide bonds. The number of hydrogen-bond acceptors (Lipinski definition) is 3. The van der Waals surface area contributed by atoms with E-state index in [4.69, 9.17) is 5.73 Å². The number of nitrogens with one attached hydrogen (secondary N) is 1. The van der Waals surface area contributed by atoms with Crippen LogP contribution in [0.2, 0.25) is 0 Å². The summed E-state index contributed by atoms with van der Waals surface area (Å²) in [7, 11) is 0. The molecule has 21 heavy (non-hydrogen) atoms. The van der Waals surface area contributed by atoms with E-state index in [0.29, 0.717) is 23.3 Å². The van der Waals surface area contributed by atoms with Crippen LogP contribution in [0.4, 0.5) is 5.69 Å². The first-order chi connectivity index (χ1) is 9.22. The quantitative estimate of drug-likeness (QED) is 0.818. The minimum atomic E-state index is 0. The highest BCUT2D eigenvalue weighted by Gasteiger charge is 2.32. The molecule has 2 aliphatic heterocycles. The summed E-state index contributed by atoms with van der Waals surface area (Å²) in [5.74, 6) is 0.0245. The maximum atomic E-state index is 12.2. The number of nitrogens with zero attached hydrogens (tertiary/aromatic N) is 1. The molecule has 0 radical (unpaired) electrons. The Morgan fingerprint density at radius 1 is 1.14 bits per heavy atom. The molecule has 0 aromatic heterocycles. The molecule has 2 fully saturated rings. The molecule has 0 bridgehead atoms. The van der Waals surface area contributed by atoms with Gasteiger partial charge in [-0.2, -0.15) is 0 Å². The third kappa shape index (κ3) is 4.25. The van der Waals surface area contributed by atoms with Gasteiger partial charge in [-0.15, -0.1) is 24.8 Å². The lowest BCUT2D eigenvalue weighted by Crippen LogP contribution is -2.47. The van der Waals surface area contributed by atoms with Gasteiger partial charge in [-0.25, -0.2) is 0 Å². The number of nitrogens with two attached hydrogens (primary N) is 1. The summed E-state index contributed by atoms with van der Waals surface area (Å²) in [4.78, 5) is 14.7. The lowest BCUT2D eigenvalue weighted by Gasteiger charge is -2.35. The van der Waals surface area contributed by atoms with Gasteiger partial charge in [0.2, 0.25) is 0 Å². The van der Waals surface area contributed by atoms with E-state index in [9.17, 15) is 4.79 Å². The zero-order valence-corrected chi connectivity index (χ0v) is 13.6. The number of carbonyl (C=O) groups excluding carboxylic acids is 1. The second-order valence-corrected chi connectivity index (χ2v) is 5.65. The fourth-order valence-electron chi connectivity index (χ4n) is 3.26. The predicted molar refractivity (Wildman–Crippen MR) is 90.4 cm³/mol. The Morgan fingerprint density at radius 2 is 1.86 bits per heavy atom. The SMILES string of the molecule is Cl.Cl.Nc1ccc(C(=O)NC2CCN3CCCC3C2)cc1. The molecule has 4 nitrogen and oxygen atoms in total. The molecule has 0 saturated carbocycles. The Hall–Kier alpha value is -0.970. The summed E-state index contributed by atoms with van der Waals surface area (Å²) >= 11 is 0. The van der Waals surface area contributed by atoms with Crippen LogP contribution < -0.4 is 11.1 Å². The Morgan fingerprint density at radius 3 is 2.57 bits per heavy atom. The fraction of sp³-hybridized carbons (Fsp3) is 0.533. The van der Waals surface area contributed by atoms with Gasteiger partial charge in [0.05, 0.1) is 0 Å². The summed E-state index contributed by atoms with van der Waals surface area (Å²) in [5.41, 5.74) is 7.02. The van der Waals surface area contributed by atoms with Crippen LogP contribution in [0, 0.1) is 0 Å². The average molecular weight is 332 g/mol. The minimum absolute atomic E-state index is 0. The predicted octanol–water partition coefficient (Wildman–Crippen LogP) is 2.47. The molecule has 118 valence electrons. The van der Waals surface area contributed by atoms with Crippen molar-refractivity contribution in [2.75, 3.05) is 18.8 Å². The molecule has 1 aromatic carbocycles. The second-order valence-electron chi connectivity index (χ2n) is 5.65. The summed E-state index contributed by atoms with van der Waals surface area (Å²) in [6.45, 7) is 2.36. The average Bonchev–Trinajstić information content (AvgIpc) is 2.87. The number of hydrogen-bond donors (Lipinski definition) is 2. The third-order valence-electron chi connectivity index (χ3n) is 4.33. The largest absolute Gasteiger partial charge is 0.399 e. The molecular weight excluding hydrogens is 309 g/mol. The number of nitrogen functional groups attached to an aromatic ring is 1. The first kappa shape index (κ1) is 18.1. The van der Waals surface area contributed by atoms with E-state index < -0.39 is 0 Å². The van der Waals surface area contributed by atoms with Crippen LogP contribution in [0.5, 0.6) is 0 Å². The number of fused-ring (bicyclic) bond motifs is 1. The highest BCUT2D eigenvalue weighted by Crippen LogP contribution is 2.26. The number of amides is 1. The van der Waals surface area contributed by atoms with Crippen molar-refractivity contribution in [2.45, 2.75) is 37.8 Å². The van der Waals surface area contributed by atoms with Crippen LogP contribution in [-0.2, 0) is 0 Å². The van der Waals surface area contributed by atoms with E-state index in [1.165, 1.54) is 19.4 Å². The maximum Gasteiger partial charge on any atom is 0.251 e. The van der Waals surface area contributed by atoms with Crippen molar-refractivity contribution in [2.24, 2.45) is 0 Å². The van der Waals surface area contributed by atoms with E-state index in [2.05, 4.69) is 10.2 Å². The van der Waals surface area contributed by atoms with Gasteiger partial charge in [0.25, 0.3) is 5.91 Å². The molecule has 2 unspecified atom stereocenters. The molecule has 0 spiro atoms. The molecular formula is C15H23Cl2N3O. The highest BCUT2D eigenvalue weighted by molar-refractivity contribution is 5.94. The Bertz CT molecular complexity index is 466. The van der Waals surface area contributed by atoms with E-state index in [1.807, 2.05) is 0 Å². The lowest BCUT2D eigenvalue weighted by atomic mass is 9.97. The standard InChI is InChI=1S/C15H21N3O.2ClH/c16-12-5-3-11(4-6-12)15(19)17-13-7-9-18-8-1-2-14(18)10-13;;/h3-6,13-14H,1-2,7-10,16H2,(H,17,19);2*1H. The normalized spacial score (nSPS) is 24.4. The lowest BCUT2D eigenvalue weighted by molar-refractivity contribution is 0.0896. The number of rotatable bonds is 2. The number of benzene rings is 1. The second kappa shape index (κ2) is 7.87. The zero-order chi connectivity index (χ0) is 13.2. The van der Waals surface area contributed by atoms with Crippen LogP contribution >= 0.6 is 24.8 Å². The summed E-state index contributed by atoms with van der Waals surface area (Å²) in [5, 5.41) is 3.16. The zero-order valence-electron chi connectivity index (χ0n) is 12.0. The number of halogens is 2. The molecule has 2 heterocycles. The van der Waals surface area contributed by atoms with Gasteiger partial charge in [0, 0.05) is 29.9 Å². The van der Waals surface area contributed by atoms with Crippen molar-refractivity contribution in [3.63, 3.8) is 0 Å². The van der Waals surface area contributed by atoms with E-state index >= 15 is 0 Å². The third-order valence-corrected chi connectivity index (χ3v) is 4.33. The molecule has 2 saturated heterocycles. The highest BCUT2D eigenvalue weighted by atomic mass is 35.5. The van der Waals surface area contributed by atoms with Crippen LogP contribution in [-0.4, -0.2) is 36.0 Å². The molecule has 6 heteroatoms. The van der Waals surface area contributed by atoms with Crippen LogP contribution in [0.15, 0.2) is 24.3 Å². The van der Waals surface area contributed by atoms with Crippen molar-refractivity contribution in [1.29, 1.82) is 0 Å². The van der Waals surface area contributed by atoms with Gasteiger partial charge in [0.15, 0.2) is 0 Å². The van der Waals surface area contributed by atoms with E-state index in [-0.39, 0.29) is 30.7 Å². The summed E-state index contributed by atoms with van der Waals surface area (Å²) < 4.78 is 0. The monoisotopic (exact) mass is 331 g/mol. The first-order valence-electron chi connectivity index (χ1n) is 7.13. The molecule has 3 rings (SSSR count). The maximum absolute atomic E-state index is 12.2. The Balaban J connectivity index is 0.00000110. The van der Waals surface area contributed by atoms with Crippen LogP contribution in [0.25, 0.3) is 0 Å². The number of piperidine rings is 1. The van der Waals surface area contributed by atoms with Crippen LogP contribution in [0.3, 0.4) is 0 Å². The van der Waals surface area contributed by atoms with E-state index in [1.54, 1.807) is 24.3 Å². The van der Waals surface area contributed by atoms with E-state index in [0.717, 1.165) is 19.4 Å². The van der Waals surface area contributed by atoms with Gasteiger partial charge in [-0.3, -0.25) is 4.79 Å². The van der Waals surface area contributed by atoms with Gasteiger partial charge < -0.3 is 16.0 Å². The van der Waals surface area contributed by atoms with Gasteiger partial charge >= 0.3 is 0 Å². The fourth-order valence-corrected chi connectivity index (χ4v) is 3.26. The Labute approximate surface area is 138 Å². The molecule has 2 aliphatic rings. The summed E-state index contributed by atoms with van der Waals surface area (Å²) in [6, 6.07) is 8.13. The van der Waals surface area contributed by atoms with Crippen molar-refractivity contribution in [1.82, 2.24) is 10.2 Å². The van der Waals surface area contributed by atoms with Crippen molar-refractivity contribution in [3.05, 3.63) is 29.8 Å². The molecule has 0 aliphatic carbocycles. The first-order valence-corrected chi connectivity index (χ1v) is 7.13. The van der Waals surface area contributed by atoms with Crippen molar-refractivity contribution >= 4 is 36.4 Å². The van der Waals surface area contributed by atoms with Gasteiger partial charge in [-0.1, -0.05) is 0 Å². The molecule has 2 atom stereocenters. The minimum Gasteiger partial charge on any atom is -0.399 e. The topological polar surface area (TPSA) is 58.4 Å². The number of anilines is 1. The summed E-state index contributed by atoms with van der Waals surface area (Å²) in [6.07, 6.45) is 4.76. The van der Waals surface area contributed by atoms with Crippen LogP contribution in [0.1, 0.15) is 36.0 Å². The van der Waals surface area contributed by atoms with Gasteiger partial charge in [-0.05, 0) is 56.5 Å². The smallest absolute Gasteiger partial charge is 0.251 e. The van der Waals surface area contributed by atoms with Crippen molar-refractivity contribution in [3.8, 4) is 0 Å². The van der Waals surface area contributed by atoms with Gasteiger partial charge in [0.1, 0.15) is 0 Å². The molecule has 1 aromatic rings. The number of carbonyl (C=O) groups is 1. The Kier molecular flexibility index (Phi) is 6.78. The van der Waals surface area contributed by atoms with Crippen molar-refractivity contribution < 1.29 is 4.79 Å². The molecule has 3 N–H and O–H groups in total.